The van der Waals surface area contributed by atoms with E-state index in [1.165, 1.54) is 0 Å². The molecule has 0 amide bonds. The van der Waals surface area contributed by atoms with Crippen LogP contribution in [0.25, 0.3) is 0 Å². The Bertz CT molecular complexity index is 762. The van der Waals surface area contributed by atoms with Crippen molar-refractivity contribution in [1.82, 2.24) is 25.0 Å². The molecule has 0 unspecified atom stereocenters. The number of hydrogen-bond acceptors (Lipinski definition) is 4. The first-order chi connectivity index (χ1) is 10.5. The van der Waals surface area contributed by atoms with Gasteiger partial charge in [0, 0.05) is 11.1 Å². The molecule has 0 spiro atoms. The number of nitrogens with one attached hydrogen (secondary N) is 1. The minimum Gasteiger partial charge on any atom is -0.369 e. The number of nitrogens with zero attached hydrogens (tertiary/aromatic N) is 4. The summed E-state index contributed by atoms with van der Waals surface area (Å²) in [4.78, 5) is 7.13. The maximum Gasteiger partial charge on any atom is 1.00 e. The van der Waals surface area contributed by atoms with Crippen LogP contribution < -0.4 is 5.73 Å². The first-order valence-corrected chi connectivity index (χ1v) is 7.11. The summed E-state index contributed by atoms with van der Waals surface area (Å²) in [6.07, 6.45) is 3.68. The van der Waals surface area contributed by atoms with E-state index >= 15 is 0 Å². The summed E-state index contributed by atoms with van der Waals surface area (Å²) in [6.45, 7) is 6.15. The maximum absolute atomic E-state index is 5.67. The number of benzene rings is 1. The molecule has 0 saturated carbocycles. The fourth-order valence-electron chi connectivity index (χ4n) is 2.32. The molecule has 0 aliphatic rings. The molecule has 121 valence electrons. The van der Waals surface area contributed by atoms with E-state index in [4.69, 9.17) is 5.73 Å². The molecule has 23 heavy (non-hydrogen) atoms. The maximum atomic E-state index is 5.67. The van der Waals surface area contributed by atoms with Crippen LogP contribution in [0.3, 0.4) is 0 Å². The predicted molar refractivity (Wildman–Crippen MR) is 85.0 cm³/mol. The fourth-order valence-corrected chi connectivity index (χ4v) is 2.32. The minimum atomic E-state index is -0.347. The molecule has 2 heterocycles. The summed E-state index contributed by atoms with van der Waals surface area (Å²) < 4.78 is 1.80. The summed E-state index contributed by atoms with van der Waals surface area (Å²) in [5, 5.41) is 8.58. The second-order valence-electron chi connectivity index (χ2n) is 5.81. The van der Waals surface area contributed by atoms with Crippen LogP contribution in [-0.4, -0.2) is 25.0 Å². The molecule has 0 aliphatic heterocycles. The van der Waals surface area contributed by atoms with Gasteiger partial charge in [0.15, 0.2) is 5.95 Å². The SMILES string of the molecule is C[C-](c1ccccc1)n1cc(C(C)(C)c2cnc(N)[nH]2)nn1.[Ru+]. The van der Waals surface area contributed by atoms with Crippen molar-refractivity contribution < 1.29 is 19.5 Å². The Morgan fingerprint density at radius 3 is 2.52 bits per heavy atom. The van der Waals surface area contributed by atoms with Crippen molar-refractivity contribution in [2.45, 2.75) is 26.2 Å². The Kier molecular flexibility index (Phi) is 4.90. The third-order valence-corrected chi connectivity index (χ3v) is 3.94. The number of imidazole rings is 1. The second kappa shape index (κ2) is 6.54. The zero-order valence-corrected chi connectivity index (χ0v) is 15.0. The van der Waals surface area contributed by atoms with Gasteiger partial charge in [-0.25, -0.2) is 4.98 Å². The van der Waals surface area contributed by atoms with Crippen LogP contribution in [0.2, 0.25) is 0 Å². The number of hydrogen-bond donors (Lipinski definition) is 2. The van der Waals surface area contributed by atoms with Crippen LogP contribution in [0.15, 0.2) is 42.7 Å². The molecule has 0 fully saturated rings. The largest absolute Gasteiger partial charge is 1.00 e. The summed E-state index contributed by atoms with van der Waals surface area (Å²) in [7, 11) is 0. The van der Waals surface area contributed by atoms with Crippen LogP contribution in [0.4, 0.5) is 5.95 Å². The van der Waals surface area contributed by atoms with Gasteiger partial charge in [0.2, 0.25) is 0 Å². The molecule has 2 aromatic heterocycles. The van der Waals surface area contributed by atoms with Gasteiger partial charge in [-0.1, -0.05) is 18.2 Å². The van der Waals surface area contributed by atoms with Crippen molar-refractivity contribution in [3.05, 3.63) is 65.7 Å². The molecule has 3 aromatic rings. The third-order valence-electron chi connectivity index (χ3n) is 3.94. The average molecular weight is 396 g/mol. The first kappa shape index (κ1) is 17.2. The molecular weight excluding hydrogens is 377 g/mol. The van der Waals surface area contributed by atoms with E-state index in [-0.39, 0.29) is 24.9 Å². The molecule has 1 radical (unpaired) electrons. The van der Waals surface area contributed by atoms with Crippen molar-refractivity contribution >= 4 is 5.95 Å². The van der Waals surface area contributed by atoms with E-state index in [1.807, 2.05) is 31.3 Å². The Hall–Kier alpha value is -2.14. The van der Waals surface area contributed by atoms with Gasteiger partial charge in [0.1, 0.15) is 0 Å². The number of rotatable bonds is 4. The van der Waals surface area contributed by atoms with Gasteiger partial charge in [0.05, 0.1) is 11.9 Å². The minimum absolute atomic E-state index is 0. The van der Waals surface area contributed by atoms with E-state index in [2.05, 4.69) is 46.3 Å². The molecule has 7 heteroatoms. The van der Waals surface area contributed by atoms with Crippen LogP contribution in [0, 0.1) is 6.04 Å². The number of H-pyrrole nitrogens is 1. The van der Waals surface area contributed by atoms with Gasteiger partial charge in [-0.05, 0) is 26.1 Å². The Labute approximate surface area is 148 Å². The molecule has 0 atom stereocenters. The zero-order chi connectivity index (χ0) is 15.7. The topological polar surface area (TPSA) is 85.4 Å². The Morgan fingerprint density at radius 2 is 1.91 bits per heavy atom. The van der Waals surface area contributed by atoms with Crippen molar-refractivity contribution in [1.29, 1.82) is 0 Å². The van der Waals surface area contributed by atoms with E-state index in [9.17, 15) is 0 Å². The zero-order valence-electron chi connectivity index (χ0n) is 13.3. The standard InChI is InChI=1S/C16H19N6.Ru/c1-11(12-7-5-4-6-8-12)22-10-14(20-21-22)16(2,3)13-9-18-15(17)19-13;/h4-10H,1-3H3,(H3,17,18,19);/q-1;+1. The fraction of sp³-hybridized carbons (Fsp3) is 0.250. The van der Waals surface area contributed by atoms with Crippen molar-refractivity contribution in [2.75, 3.05) is 5.73 Å². The monoisotopic (exact) mass is 397 g/mol. The number of nitrogens with two attached hydrogens (primary N) is 1. The van der Waals surface area contributed by atoms with Crippen molar-refractivity contribution in [3.8, 4) is 0 Å². The van der Waals surface area contributed by atoms with E-state index in [1.54, 1.807) is 10.9 Å². The smallest absolute Gasteiger partial charge is 0.369 e. The van der Waals surface area contributed by atoms with Crippen LogP contribution in [-0.2, 0) is 24.9 Å². The Balaban J connectivity index is 0.00000192. The van der Waals surface area contributed by atoms with Gasteiger partial charge in [-0.15, -0.1) is 34.9 Å². The molecule has 1 aromatic carbocycles. The van der Waals surface area contributed by atoms with Gasteiger partial charge in [-0.2, -0.15) is 0 Å². The molecule has 3 rings (SSSR count). The summed E-state index contributed by atoms with van der Waals surface area (Å²) in [5.74, 6) is 0.405. The second-order valence-corrected chi connectivity index (χ2v) is 5.81. The molecule has 0 aliphatic carbocycles. The average Bonchev–Trinajstić information content (AvgIpc) is 3.17. The first-order valence-electron chi connectivity index (χ1n) is 7.11. The van der Waals surface area contributed by atoms with E-state index < -0.39 is 0 Å². The van der Waals surface area contributed by atoms with Gasteiger partial charge in [0.25, 0.3) is 0 Å². The number of aromatic amines is 1. The quantitative estimate of drug-likeness (QED) is 0.524. The van der Waals surface area contributed by atoms with Crippen molar-refractivity contribution in [2.24, 2.45) is 0 Å². The van der Waals surface area contributed by atoms with E-state index in [0.717, 1.165) is 23.0 Å². The van der Waals surface area contributed by atoms with Crippen LogP contribution in [0.1, 0.15) is 37.7 Å². The number of aromatic nitrogens is 5. The Morgan fingerprint density at radius 1 is 1.22 bits per heavy atom. The normalized spacial score (nSPS) is 11.1. The third kappa shape index (κ3) is 3.29. The number of nitrogen functional groups attached to an aromatic ring is 1. The summed E-state index contributed by atoms with van der Waals surface area (Å²) in [6, 6.07) is 11.1. The molecule has 3 N–H and O–H groups in total. The van der Waals surface area contributed by atoms with Crippen LogP contribution >= 0.6 is 0 Å². The van der Waals surface area contributed by atoms with E-state index in [0.29, 0.717) is 5.95 Å². The molecule has 6 nitrogen and oxygen atoms in total. The van der Waals surface area contributed by atoms with Gasteiger partial charge < -0.3 is 15.4 Å². The van der Waals surface area contributed by atoms with Gasteiger partial charge >= 0.3 is 19.5 Å². The predicted octanol–water partition coefficient (Wildman–Crippen LogP) is 2.36. The van der Waals surface area contributed by atoms with Crippen LogP contribution in [0.5, 0.6) is 0 Å². The summed E-state index contributed by atoms with van der Waals surface area (Å²) in [5.41, 5.74) is 8.20. The van der Waals surface area contributed by atoms with Gasteiger partial charge in [-0.3, -0.25) is 0 Å². The summed E-state index contributed by atoms with van der Waals surface area (Å²) >= 11 is 0. The molecule has 0 saturated heterocycles. The number of anilines is 1. The molecular formula is C16H19N6Ru. The van der Waals surface area contributed by atoms with Crippen molar-refractivity contribution in [3.63, 3.8) is 0 Å². The molecule has 0 bridgehead atoms.